The lowest BCUT2D eigenvalue weighted by Crippen LogP contribution is -2.58. The van der Waals surface area contributed by atoms with Gasteiger partial charge in [-0.05, 0) is 25.3 Å². The molecule has 0 bridgehead atoms. The summed E-state index contributed by atoms with van der Waals surface area (Å²) in [6.45, 7) is 6.73. The number of amides is 2. The fourth-order valence-electron chi connectivity index (χ4n) is 2.12. The highest BCUT2D eigenvalue weighted by Crippen LogP contribution is 2.09. The average Bonchev–Trinajstić information content (AvgIpc) is 2.57. The Bertz CT molecular complexity index is 599. The van der Waals surface area contributed by atoms with Gasteiger partial charge in [-0.3, -0.25) is 4.79 Å². The molecule has 0 saturated heterocycles. The highest BCUT2D eigenvalue weighted by Gasteiger charge is 2.34. The molecule has 138 valence electrons. The molecule has 0 aliphatic rings. The second kappa shape index (κ2) is 9.05. The van der Waals surface area contributed by atoms with Crippen molar-refractivity contribution in [2.75, 3.05) is 7.11 Å². The van der Waals surface area contributed by atoms with Crippen molar-refractivity contribution in [2.24, 2.45) is 5.92 Å². The van der Waals surface area contributed by atoms with Gasteiger partial charge in [-0.25, -0.2) is 9.59 Å². The summed E-state index contributed by atoms with van der Waals surface area (Å²) in [5.41, 5.74) is -0.357. The van der Waals surface area contributed by atoms with Crippen LogP contribution in [-0.2, 0) is 25.7 Å². The van der Waals surface area contributed by atoms with Crippen molar-refractivity contribution in [1.82, 2.24) is 10.6 Å². The average molecular weight is 350 g/mol. The Hall–Kier alpha value is -2.57. The largest absolute Gasteiger partial charge is 0.467 e. The fourth-order valence-corrected chi connectivity index (χ4v) is 2.12. The summed E-state index contributed by atoms with van der Waals surface area (Å²) in [5.74, 6) is -1.25. The maximum absolute atomic E-state index is 12.4. The lowest BCUT2D eigenvalue weighted by atomic mass is 10.0. The number of alkyl carbamates (subject to hydrolysis) is 1. The molecule has 7 nitrogen and oxygen atoms in total. The Morgan fingerprint density at radius 2 is 1.72 bits per heavy atom. The molecule has 0 radical (unpaired) electrons. The summed E-state index contributed by atoms with van der Waals surface area (Å²) in [6.07, 6.45) is -0.700. The number of rotatable bonds is 7. The summed E-state index contributed by atoms with van der Waals surface area (Å²) in [4.78, 5) is 36.1. The molecule has 0 fully saturated rings. The van der Waals surface area contributed by atoms with Crippen LogP contribution in [-0.4, -0.2) is 36.7 Å². The van der Waals surface area contributed by atoms with E-state index in [0.717, 1.165) is 5.56 Å². The highest BCUT2D eigenvalue weighted by atomic mass is 16.5. The molecular weight excluding hydrogens is 324 g/mol. The summed E-state index contributed by atoms with van der Waals surface area (Å²) in [6, 6.07) is 8.38. The summed E-state index contributed by atoms with van der Waals surface area (Å²) in [5, 5.41) is 5.12. The molecular formula is C18H26N2O5. The molecule has 0 aromatic heterocycles. The topological polar surface area (TPSA) is 93.7 Å². The maximum Gasteiger partial charge on any atom is 0.408 e. The van der Waals surface area contributed by atoms with E-state index < -0.39 is 29.6 Å². The first-order chi connectivity index (χ1) is 11.7. The number of benzene rings is 1. The molecule has 1 aromatic rings. The SMILES string of the molecule is COC(=O)C(C)(C)NC(=O)C(NC(=O)OCc1ccccc1)C(C)C. The van der Waals surface area contributed by atoms with Crippen molar-refractivity contribution in [1.29, 1.82) is 0 Å². The van der Waals surface area contributed by atoms with Crippen LogP contribution in [0, 0.1) is 5.92 Å². The van der Waals surface area contributed by atoms with E-state index in [4.69, 9.17) is 4.74 Å². The van der Waals surface area contributed by atoms with Gasteiger partial charge in [0.1, 0.15) is 18.2 Å². The lowest BCUT2D eigenvalue weighted by Gasteiger charge is -2.28. The number of hydrogen-bond acceptors (Lipinski definition) is 5. The summed E-state index contributed by atoms with van der Waals surface area (Å²) in [7, 11) is 1.25. The van der Waals surface area contributed by atoms with Crippen molar-refractivity contribution in [3.05, 3.63) is 35.9 Å². The van der Waals surface area contributed by atoms with E-state index >= 15 is 0 Å². The zero-order valence-corrected chi connectivity index (χ0v) is 15.3. The molecule has 0 aliphatic heterocycles. The number of carbonyl (C=O) groups excluding carboxylic acids is 3. The van der Waals surface area contributed by atoms with Crippen LogP contribution in [0.15, 0.2) is 30.3 Å². The van der Waals surface area contributed by atoms with Crippen molar-refractivity contribution in [3.8, 4) is 0 Å². The van der Waals surface area contributed by atoms with Crippen LogP contribution in [0.5, 0.6) is 0 Å². The number of esters is 1. The molecule has 1 atom stereocenters. The number of methoxy groups -OCH3 is 1. The van der Waals surface area contributed by atoms with Crippen LogP contribution >= 0.6 is 0 Å². The zero-order chi connectivity index (χ0) is 19.0. The van der Waals surface area contributed by atoms with Crippen molar-refractivity contribution in [2.45, 2.75) is 45.9 Å². The number of carbonyl (C=O) groups is 3. The third-order valence-electron chi connectivity index (χ3n) is 3.57. The van der Waals surface area contributed by atoms with E-state index in [1.807, 2.05) is 30.3 Å². The van der Waals surface area contributed by atoms with Crippen molar-refractivity contribution in [3.63, 3.8) is 0 Å². The molecule has 0 spiro atoms. The minimum absolute atomic E-state index is 0.104. The smallest absolute Gasteiger partial charge is 0.408 e. The van der Waals surface area contributed by atoms with Crippen LogP contribution in [0.3, 0.4) is 0 Å². The molecule has 2 amide bonds. The quantitative estimate of drug-likeness (QED) is 0.734. The monoisotopic (exact) mass is 350 g/mol. The predicted octanol–water partition coefficient (Wildman–Crippen LogP) is 2.01. The van der Waals surface area contributed by atoms with Gasteiger partial charge in [-0.15, -0.1) is 0 Å². The Balaban J connectivity index is 2.65. The normalized spacial score (nSPS) is 12.2. The van der Waals surface area contributed by atoms with Crippen LogP contribution < -0.4 is 10.6 Å². The van der Waals surface area contributed by atoms with Crippen molar-refractivity contribution < 1.29 is 23.9 Å². The molecule has 25 heavy (non-hydrogen) atoms. The van der Waals surface area contributed by atoms with Gasteiger partial charge < -0.3 is 20.1 Å². The molecule has 0 aliphatic carbocycles. The number of nitrogens with one attached hydrogen (secondary N) is 2. The molecule has 0 saturated carbocycles. The van der Waals surface area contributed by atoms with Crippen molar-refractivity contribution >= 4 is 18.0 Å². The minimum atomic E-state index is -1.20. The highest BCUT2D eigenvalue weighted by molar-refractivity contribution is 5.91. The van der Waals surface area contributed by atoms with E-state index in [9.17, 15) is 14.4 Å². The van der Waals surface area contributed by atoms with Gasteiger partial charge in [-0.2, -0.15) is 0 Å². The van der Waals surface area contributed by atoms with Crippen LogP contribution in [0.1, 0.15) is 33.3 Å². The molecule has 7 heteroatoms. The second-order valence-corrected chi connectivity index (χ2v) is 6.53. The zero-order valence-electron chi connectivity index (χ0n) is 15.3. The molecule has 1 unspecified atom stereocenters. The molecule has 1 rings (SSSR count). The van der Waals surface area contributed by atoms with Gasteiger partial charge in [0.25, 0.3) is 0 Å². The van der Waals surface area contributed by atoms with Gasteiger partial charge >= 0.3 is 12.1 Å². The molecule has 0 heterocycles. The Kier molecular flexibility index (Phi) is 7.42. The summed E-state index contributed by atoms with van der Waals surface area (Å²) < 4.78 is 9.80. The number of hydrogen-bond donors (Lipinski definition) is 2. The van der Waals surface area contributed by atoms with E-state index in [-0.39, 0.29) is 12.5 Å². The van der Waals surface area contributed by atoms with Gasteiger partial charge in [0, 0.05) is 0 Å². The van der Waals surface area contributed by atoms with Crippen LogP contribution in [0.25, 0.3) is 0 Å². The second-order valence-electron chi connectivity index (χ2n) is 6.53. The molecule has 1 aromatic carbocycles. The van der Waals surface area contributed by atoms with Gasteiger partial charge in [0.15, 0.2) is 0 Å². The first kappa shape index (κ1) is 20.5. The van der Waals surface area contributed by atoms with E-state index in [2.05, 4.69) is 15.4 Å². The number of ether oxygens (including phenoxy) is 2. The van der Waals surface area contributed by atoms with Crippen LogP contribution in [0.4, 0.5) is 4.79 Å². The lowest BCUT2D eigenvalue weighted by molar-refractivity contribution is -0.149. The fraction of sp³-hybridized carbons (Fsp3) is 0.500. The van der Waals surface area contributed by atoms with Gasteiger partial charge in [-0.1, -0.05) is 44.2 Å². The summed E-state index contributed by atoms with van der Waals surface area (Å²) >= 11 is 0. The Morgan fingerprint density at radius 1 is 1.12 bits per heavy atom. The van der Waals surface area contributed by atoms with E-state index in [1.54, 1.807) is 13.8 Å². The third kappa shape index (κ3) is 6.45. The minimum Gasteiger partial charge on any atom is -0.467 e. The first-order valence-corrected chi connectivity index (χ1v) is 8.05. The van der Waals surface area contributed by atoms with Crippen LogP contribution in [0.2, 0.25) is 0 Å². The first-order valence-electron chi connectivity index (χ1n) is 8.05. The third-order valence-corrected chi connectivity index (χ3v) is 3.57. The molecule has 2 N–H and O–H groups in total. The van der Waals surface area contributed by atoms with E-state index in [1.165, 1.54) is 21.0 Å². The Morgan fingerprint density at radius 3 is 2.24 bits per heavy atom. The van der Waals surface area contributed by atoms with Gasteiger partial charge in [0.2, 0.25) is 5.91 Å². The predicted molar refractivity (Wildman–Crippen MR) is 92.6 cm³/mol. The Labute approximate surface area is 148 Å². The van der Waals surface area contributed by atoms with E-state index in [0.29, 0.717) is 0 Å². The maximum atomic E-state index is 12.4. The standard InChI is InChI=1S/C18H26N2O5/c1-12(2)14(15(21)20-18(3,4)16(22)24-5)19-17(23)25-11-13-9-7-6-8-10-13/h6-10,12,14H,11H2,1-5H3,(H,19,23)(H,20,21). The van der Waals surface area contributed by atoms with Gasteiger partial charge in [0.05, 0.1) is 7.11 Å².